The summed E-state index contributed by atoms with van der Waals surface area (Å²) in [5.41, 5.74) is 0.364. The van der Waals surface area contributed by atoms with Crippen LogP contribution >= 0.6 is 23.2 Å². The molecule has 0 amide bonds. The Labute approximate surface area is 124 Å². The molecule has 0 radical (unpaired) electrons. The van der Waals surface area contributed by atoms with Crippen molar-refractivity contribution in [3.05, 3.63) is 63.4 Å². The Hall–Kier alpha value is -1.78. The van der Waals surface area contributed by atoms with Crippen LogP contribution in [0, 0.1) is 5.82 Å². The van der Waals surface area contributed by atoms with Gasteiger partial charge < -0.3 is 9.84 Å². The fourth-order valence-electron chi connectivity index (χ4n) is 1.61. The molecule has 1 N–H and O–H groups in total. The van der Waals surface area contributed by atoms with Crippen LogP contribution < -0.4 is 4.74 Å². The molecule has 0 bridgehead atoms. The zero-order chi connectivity index (χ0) is 14.7. The summed E-state index contributed by atoms with van der Waals surface area (Å²) in [5, 5.41) is 9.31. The number of benzene rings is 2. The third-order valence-electron chi connectivity index (χ3n) is 2.59. The van der Waals surface area contributed by atoms with E-state index < -0.39 is 11.8 Å². The number of halogens is 3. The van der Waals surface area contributed by atoms with Crippen LogP contribution in [0.3, 0.4) is 0 Å². The van der Waals surface area contributed by atoms with Crippen molar-refractivity contribution in [2.45, 2.75) is 6.61 Å². The van der Waals surface area contributed by atoms with Gasteiger partial charge in [-0.2, -0.15) is 0 Å². The largest absolute Gasteiger partial charge is 0.488 e. The van der Waals surface area contributed by atoms with E-state index in [1.807, 2.05) is 0 Å². The maximum Gasteiger partial charge on any atom is 0.339 e. The fraction of sp³-hybridized carbons (Fsp3) is 0.0714. The maximum atomic E-state index is 13.3. The van der Waals surface area contributed by atoms with Gasteiger partial charge in [0, 0.05) is 10.6 Å². The average molecular weight is 315 g/mol. The Balaban J connectivity index is 2.23. The molecule has 104 valence electrons. The van der Waals surface area contributed by atoms with Crippen molar-refractivity contribution in [2.24, 2.45) is 0 Å². The summed E-state index contributed by atoms with van der Waals surface area (Å²) >= 11 is 11.5. The lowest BCUT2D eigenvalue weighted by atomic mass is 10.2. The van der Waals surface area contributed by atoms with Gasteiger partial charge in [0.1, 0.15) is 23.7 Å². The van der Waals surface area contributed by atoms with Gasteiger partial charge in [-0.05, 0) is 24.3 Å². The monoisotopic (exact) mass is 314 g/mol. The minimum absolute atomic E-state index is 0.0431. The van der Waals surface area contributed by atoms with Crippen LogP contribution in [-0.2, 0) is 6.61 Å². The van der Waals surface area contributed by atoms with E-state index in [2.05, 4.69) is 0 Å². The van der Waals surface area contributed by atoms with Gasteiger partial charge in [-0.3, -0.25) is 0 Å². The molecule has 0 aliphatic carbocycles. The molecule has 3 nitrogen and oxygen atoms in total. The fourth-order valence-corrected chi connectivity index (χ4v) is 1.96. The Bertz CT molecular complexity index is 659. The maximum absolute atomic E-state index is 13.3. The third kappa shape index (κ3) is 3.21. The molecule has 0 aliphatic heterocycles. The second kappa shape index (κ2) is 6.11. The number of hydrogen-bond donors (Lipinski definition) is 1. The first-order valence-corrected chi connectivity index (χ1v) is 6.33. The second-order valence-corrected chi connectivity index (χ2v) is 4.76. The lowest BCUT2D eigenvalue weighted by Gasteiger charge is -2.10. The molecule has 0 unspecified atom stereocenters. The Kier molecular flexibility index (Phi) is 4.47. The zero-order valence-corrected chi connectivity index (χ0v) is 11.6. The predicted molar refractivity (Wildman–Crippen MR) is 74.2 cm³/mol. The van der Waals surface area contributed by atoms with Gasteiger partial charge in [0.25, 0.3) is 0 Å². The molecular formula is C14H9Cl2FO3. The normalized spacial score (nSPS) is 10.3. The van der Waals surface area contributed by atoms with Crippen molar-refractivity contribution in [1.82, 2.24) is 0 Å². The molecule has 6 heteroatoms. The molecule has 2 aromatic rings. The number of carbonyl (C=O) groups is 1. The van der Waals surface area contributed by atoms with Crippen molar-refractivity contribution in [3.8, 4) is 5.75 Å². The van der Waals surface area contributed by atoms with Crippen LogP contribution in [0.25, 0.3) is 0 Å². The molecule has 0 heterocycles. The lowest BCUT2D eigenvalue weighted by molar-refractivity contribution is 0.0691. The van der Waals surface area contributed by atoms with Crippen molar-refractivity contribution >= 4 is 29.2 Å². The predicted octanol–water partition coefficient (Wildman–Crippen LogP) is 4.41. The highest BCUT2D eigenvalue weighted by Gasteiger charge is 2.13. The van der Waals surface area contributed by atoms with Crippen LogP contribution in [0.2, 0.25) is 10.0 Å². The van der Waals surface area contributed by atoms with Gasteiger partial charge in [0.05, 0.1) is 5.02 Å². The highest BCUT2D eigenvalue weighted by Crippen LogP contribution is 2.26. The molecule has 0 fully saturated rings. The lowest BCUT2D eigenvalue weighted by Crippen LogP contribution is -2.04. The van der Waals surface area contributed by atoms with E-state index in [9.17, 15) is 9.18 Å². The van der Waals surface area contributed by atoms with E-state index in [1.165, 1.54) is 30.3 Å². The first-order chi connectivity index (χ1) is 9.49. The Morgan fingerprint density at radius 3 is 2.70 bits per heavy atom. The summed E-state index contributed by atoms with van der Waals surface area (Å²) in [7, 11) is 0. The van der Waals surface area contributed by atoms with Crippen LogP contribution in [0.5, 0.6) is 5.75 Å². The minimum Gasteiger partial charge on any atom is -0.488 e. The SMILES string of the molecule is O=C(O)c1cc(Cl)ccc1OCc1cccc(F)c1Cl. The number of rotatable bonds is 4. The molecule has 2 aromatic carbocycles. The highest BCUT2D eigenvalue weighted by atomic mass is 35.5. The van der Waals surface area contributed by atoms with E-state index in [0.29, 0.717) is 10.6 Å². The summed E-state index contributed by atoms with van der Waals surface area (Å²) < 4.78 is 18.7. The molecule has 0 aromatic heterocycles. The van der Waals surface area contributed by atoms with Gasteiger partial charge in [0.2, 0.25) is 0 Å². The summed E-state index contributed by atoms with van der Waals surface area (Å²) in [5.74, 6) is -1.57. The molecule has 0 saturated heterocycles. The molecule has 0 saturated carbocycles. The number of aromatic carboxylic acids is 1. The molecule has 0 spiro atoms. The first kappa shape index (κ1) is 14.6. The van der Waals surface area contributed by atoms with Gasteiger partial charge in [0.15, 0.2) is 0 Å². The highest BCUT2D eigenvalue weighted by molar-refractivity contribution is 6.31. The van der Waals surface area contributed by atoms with Crippen LogP contribution in [0.15, 0.2) is 36.4 Å². The van der Waals surface area contributed by atoms with Crippen molar-refractivity contribution in [3.63, 3.8) is 0 Å². The first-order valence-electron chi connectivity index (χ1n) is 5.57. The average Bonchev–Trinajstić information content (AvgIpc) is 2.41. The van der Waals surface area contributed by atoms with Crippen molar-refractivity contribution < 1.29 is 19.0 Å². The Morgan fingerprint density at radius 1 is 1.25 bits per heavy atom. The number of carboxylic acids is 1. The summed E-state index contributed by atoms with van der Waals surface area (Å²) in [4.78, 5) is 11.1. The van der Waals surface area contributed by atoms with E-state index in [0.717, 1.165) is 0 Å². The number of ether oxygens (including phenoxy) is 1. The van der Waals surface area contributed by atoms with Crippen LogP contribution in [-0.4, -0.2) is 11.1 Å². The van der Waals surface area contributed by atoms with E-state index in [-0.39, 0.29) is 22.9 Å². The molecular weight excluding hydrogens is 306 g/mol. The van der Waals surface area contributed by atoms with Gasteiger partial charge in [-0.25, -0.2) is 9.18 Å². The van der Waals surface area contributed by atoms with E-state index >= 15 is 0 Å². The summed E-state index contributed by atoms with van der Waals surface area (Å²) in [6.45, 7) is -0.0431. The zero-order valence-electron chi connectivity index (χ0n) is 10.1. The molecule has 20 heavy (non-hydrogen) atoms. The molecule has 0 atom stereocenters. The number of hydrogen-bond acceptors (Lipinski definition) is 2. The van der Waals surface area contributed by atoms with Crippen LogP contribution in [0.4, 0.5) is 4.39 Å². The third-order valence-corrected chi connectivity index (χ3v) is 3.25. The molecule has 2 rings (SSSR count). The second-order valence-electron chi connectivity index (χ2n) is 3.95. The van der Waals surface area contributed by atoms with Gasteiger partial charge in [-0.1, -0.05) is 35.3 Å². The summed E-state index contributed by atoms with van der Waals surface area (Å²) in [6, 6.07) is 8.57. The smallest absolute Gasteiger partial charge is 0.339 e. The number of carboxylic acid groups (broad SMARTS) is 1. The van der Waals surface area contributed by atoms with Crippen LogP contribution in [0.1, 0.15) is 15.9 Å². The topological polar surface area (TPSA) is 46.5 Å². The van der Waals surface area contributed by atoms with E-state index in [1.54, 1.807) is 6.07 Å². The Morgan fingerprint density at radius 2 is 2.00 bits per heavy atom. The quantitative estimate of drug-likeness (QED) is 0.909. The summed E-state index contributed by atoms with van der Waals surface area (Å²) in [6.07, 6.45) is 0. The van der Waals surface area contributed by atoms with Crippen molar-refractivity contribution in [2.75, 3.05) is 0 Å². The van der Waals surface area contributed by atoms with Gasteiger partial charge in [-0.15, -0.1) is 0 Å². The van der Waals surface area contributed by atoms with E-state index in [4.69, 9.17) is 33.0 Å². The minimum atomic E-state index is -1.16. The van der Waals surface area contributed by atoms with Crippen molar-refractivity contribution in [1.29, 1.82) is 0 Å². The van der Waals surface area contributed by atoms with Gasteiger partial charge >= 0.3 is 5.97 Å². The standard InChI is InChI=1S/C14H9Cl2FO3/c15-9-4-5-12(10(6-9)14(18)19)20-7-8-2-1-3-11(17)13(8)16/h1-6H,7H2,(H,18,19). The molecule has 0 aliphatic rings.